The summed E-state index contributed by atoms with van der Waals surface area (Å²) in [5.74, 6) is -0.155. The minimum atomic E-state index is -0.155. The molecule has 0 radical (unpaired) electrons. The Morgan fingerprint density at radius 2 is 1.83 bits per heavy atom. The summed E-state index contributed by atoms with van der Waals surface area (Å²) in [6.07, 6.45) is 2.02. The number of hydrogen-bond donors (Lipinski definition) is 0. The van der Waals surface area contributed by atoms with Gasteiger partial charge in [0.05, 0.1) is 5.69 Å². The molecule has 4 rings (SSSR count). The zero-order valence-electron chi connectivity index (χ0n) is 12.7. The molecule has 0 aliphatic carbocycles. The average molecular weight is 322 g/mol. The molecule has 0 amide bonds. The molecule has 6 heteroatoms. The maximum Gasteiger partial charge on any atom is 0.212 e. The van der Waals surface area contributed by atoms with Crippen molar-refractivity contribution >= 4 is 28.3 Å². The van der Waals surface area contributed by atoms with Gasteiger partial charge in [0.25, 0.3) is 0 Å². The number of benzene rings is 2. The van der Waals surface area contributed by atoms with E-state index in [0.717, 1.165) is 21.6 Å². The Morgan fingerprint density at radius 3 is 2.57 bits per heavy atom. The van der Waals surface area contributed by atoms with E-state index in [4.69, 9.17) is 0 Å². The number of hydrogen-bond acceptors (Lipinski definition) is 4. The van der Waals surface area contributed by atoms with Crippen LogP contribution in [-0.2, 0) is 0 Å². The quantitative estimate of drug-likeness (QED) is 0.420. The van der Waals surface area contributed by atoms with Gasteiger partial charge in [-0.3, -0.25) is 0 Å². The summed E-state index contributed by atoms with van der Waals surface area (Å²) in [5, 5.41) is 17.3. The van der Waals surface area contributed by atoms with Crippen molar-refractivity contribution in [1.29, 1.82) is 0 Å². The first-order chi connectivity index (χ1) is 11.2. The van der Waals surface area contributed by atoms with Crippen molar-refractivity contribution in [3.8, 4) is 11.6 Å². The third-order valence-corrected chi connectivity index (χ3v) is 4.59. The molecule has 23 heavy (non-hydrogen) atoms. The van der Waals surface area contributed by atoms with Crippen LogP contribution in [0.3, 0.4) is 0 Å². The zero-order chi connectivity index (χ0) is 16.0. The van der Waals surface area contributed by atoms with E-state index >= 15 is 0 Å². The number of rotatable bonds is 2. The predicted octanol–water partition coefficient (Wildman–Crippen LogP) is 2.26. The van der Waals surface area contributed by atoms with Crippen molar-refractivity contribution in [3.05, 3.63) is 54.2 Å². The predicted molar refractivity (Wildman–Crippen MR) is 88.0 cm³/mol. The highest BCUT2D eigenvalue weighted by atomic mass is 32.2. The van der Waals surface area contributed by atoms with Crippen LogP contribution >= 0.6 is 11.8 Å². The highest BCUT2D eigenvalue weighted by Crippen LogP contribution is 2.22. The molecule has 2 heterocycles. The van der Waals surface area contributed by atoms with Crippen LogP contribution in [0, 0.1) is 6.92 Å². The van der Waals surface area contributed by atoms with Gasteiger partial charge in [-0.1, -0.05) is 16.6 Å². The SMILES string of the molecule is CSc1ccc(-n2n[n+]3c(c(C)nc4ccccc43)c2[O-])cc1. The third kappa shape index (κ3) is 2.14. The molecule has 0 spiro atoms. The lowest BCUT2D eigenvalue weighted by atomic mass is 10.2. The van der Waals surface area contributed by atoms with Gasteiger partial charge in [-0.15, -0.1) is 16.4 Å². The zero-order valence-corrected chi connectivity index (χ0v) is 13.5. The molecule has 0 aliphatic rings. The Labute approximate surface area is 137 Å². The van der Waals surface area contributed by atoms with E-state index in [1.54, 1.807) is 16.3 Å². The summed E-state index contributed by atoms with van der Waals surface area (Å²) in [6.45, 7) is 1.84. The minimum Gasteiger partial charge on any atom is -0.837 e. The molecule has 2 aromatic heterocycles. The molecule has 0 saturated carbocycles. The van der Waals surface area contributed by atoms with E-state index < -0.39 is 0 Å². The van der Waals surface area contributed by atoms with Crippen molar-refractivity contribution in [1.82, 2.24) is 14.9 Å². The van der Waals surface area contributed by atoms with Gasteiger partial charge >= 0.3 is 0 Å². The molecule has 4 aromatic rings. The Kier molecular flexibility index (Phi) is 3.20. The van der Waals surface area contributed by atoms with Crippen molar-refractivity contribution < 1.29 is 9.62 Å². The van der Waals surface area contributed by atoms with E-state index in [2.05, 4.69) is 10.2 Å². The smallest absolute Gasteiger partial charge is 0.212 e. The van der Waals surface area contributed by atoms with Crippen LogP contribution in [0.15, 0.2) is 53.4 Å². The molecule has 0 unspecified atom stereocenters. The number of fused-ring (bicyclic) bond motifs is 3. The number of para-hydroxylation sites is 2. The number of aryl methyl sites for hydroxylation is 1. The van der Waals surface area contributed by atoms with E-state index in [9.17, 15) is 5.11 Å². The Bertz CT molecular complexity index is 1020. The summed E-state index contributed by atoms with van der Waals surface area (Å²) in [6, 6.07) is 15.5. The van der Waals surface area contributed by atoms with Crippen LogP contribution in [0.2, 0.25) is 0 Å². The molecule has 0 aliphatic heterocycles. The van der Waals surface area contributed by atoms with E-state index in [1.807, 2.05) is 61.7 Å². The van der Waals surface area contributed by atoms with E-state index in [1.165, 1.54) is 4.68 Å². The van der Waals surface area contributed by atoms with Gasteiger partial charge < -0.3 is 5.11 Å². The van der Waals surface area contributed by atoms with Crippen LogP contribution in [0.25, 0.3) is 22.2 Å². The number of thioether (sulfide) groups is 1. The lowest BCUT2D eigenvalue weighted by Gasteiger charge is -2.03. The second-order valence-corrected chi connectivity index (χ2v) is 6.13. The van der Waals surface area contributed by atoms with Crippen molar-refractivity contribution in [3.63, 3.8) is 0 Å². The van der Waals surface area contributed by atoms with Crippen molar-refractivity contribution in [2.75, 3.05) is 6.26 Å². The first kappa shape index (κ1) is 14.0. The Balaban J connectivity index is 2.03. The molecular weight excluding hydrogens is 308 g/mol. The summed E-state index contributed by atoms with van der Waals surface area (Å²) in [7, 11) is 0. The normalized spacial score (nSPS) is 11.4. The van der Waals surface area contributed by atoms with Crippen LogP contribution < -0.4 is 9.62 Å². The van der Waals surface area contributed by atoms with Gasteiger partial charge in [-0.05, 0) is 49.6 Å². The van der Waals surface area contributed by atoms with E-state index in [0.29, 0.717) is 11.2 Å². The molecular formula is C17H14N4OS. The summed E-state index contributed by atoms with van der Waals surface area (Å²) in [5.41, 5.74) is 3.59. The topological polar surface area (TPSA) is 57.9 Å². The average Bonchev–Trinajstić information content (AvgIpc) is 2.93. The van der Waals surface area contributed by atoms with Gasteiger partial charge in [-0.25, -0.2) is 4.98 Å². The highest BCUT2D eigenvalue weighted by Gasteiger charge is 2.20. The van der Waals surface area contributed by atoms with Crippen LogP contribution in [0.1, 0.15) is 5.69 Å². The maximum absolute atomic E-state index is 12.8. The number of nitrogens with zero attached hydrogens (tertiary/aromatic N) is 4. The van der Waals surface area contributed by atoms with Crippen molar-refractivity contribution in [2.24, 2.45) is 0 Å². The van der Waals surface area contributed by atoms with Gasteiger partial charge in [0.2, 0.25) is 5.52 Å². The second kappa shape index (κ2) is 5.24. The molecule has 0 N–H and O–H groups in total. The molecule has 2 aromatic carbocycles. The van der Waals surface area contributed by atoms with Gasteiger partial charge in [0.1, 0.15) is 16.6 Å². The van der Waals surface area contributed by atoms with Crippen LogP contribution in [-0.4, -0.2) is 21.1 Å². The fourth-order valence-electron chi connectivity index (χ4n) is 2.71. The first-order valence-corrected chi connectivity index (χ1v) is 8.43. The number of aromatic nitrogens is 4. The molecule has 0 saturated heterocycles. The molecule has 114 valence electrons. The molecule has 0 fully saturated rings. The lowest BCUT2D eigenvalue weighted by Crippen LogP contribution is -2.27. The molecule has 0 atom stereocenters. The summed E-state index contributed by atoms with van der Waals surface area (Å²) < 4.78 is 3.11. The monoisotopic (exact) mass is 322 g/mol. The van der Waals surface area contributed by atoms with E-state index in [-0.39, 0.29) is 5.88 Å². The van der Waals surface area contributed by atoms with Crippen LogP contribution in [0.4, 0.5) is 0 Å². The van der Waals surface area contributed by atoms with Crippen molar-refractivity contribution in [2.45, 2.75) is 11.8 Å². The summed E-state index contributed by atoms with van der Waals surface area (Å²) in [4.78, 5) is 5.67. The highest BCUT2D eigenvalue weighted by molar-refractivity contribution is 7.98. The summed E-state index contributed by atoms with van der Waals surface area (Å²) >= 11 is 1.66. The lowest BCUT2D eigenvalue weighted by molar-refractivity contribution is -0.556. The fraction of sp³-hybridized carbons (Fsp3) is 0.118. The fourth-order valence-corrected chi connectivity index (χ4v) is 3.11. The third-order valence-electron chi connectivity index (χ3n) is 3.84. The van der Waals surface area contributed by atoms with Gasteiger partial charge in [0, 0.05) is 4.90 Å². The van der Waals surface area contributed by atoms with Gasteiger partial charge in [0.15, 0.2) is 11.2 Å². The largest absolute Gasteiger partial charge is 0.837 e. The van der Waals surface area contributed by atoms with Crippen LogP contribution in [0.5, 0.6) is 5.88 Å². The molecule has 0 bridgehead atoms. The Morgan fingerprint density at radius 1 is 1.09 bits per heavy atom. The molecule has 5 nitrogen and oxygen atoms in total. The minimum absolute atomic E-state index is 0.155. The maximum atomic E-state index is 12.8. The first-order valence-electron chi connectivity index (χ1n) is 7.21. The Hall–Kier alpha value is -2.60. The van der Waals surface area contributed by atoms with Gasteiger partial charge in [-0.2, -0.15) is 0 Å². The second-order valence-electron chi connectivity index (χ2n) is 5.25. The standard InChI is InChI=1S/C17H14N4OS/c1-11-16-17(22)20(12-7-9-13(23-2)10-8-12)19-21(16)15-6-4-3-5-14(15)18-11/h3-10H,1-2H3.